The number of benzene rings is 3. The van der Waals surface area contributed by atoms with E-state index in [1.165, 1.54) is 16.9 Å². The van der Waals surface area contributed by atoms with Crippen LogP contribution in [0.3, 0.4) is 0 Å². The SMILES string of the molecule is Cc1ccc(N2CCN(c3ccc(-c4nc(N=C(N)N)nc5ccc(Cl)cc45)cc3)CC2)cc1. The minimum atomic E-state index is -0.0839. The van der Waals surface area contributed by atoms with Crippen molar-refractivity contribution in [3.05, 3.63) is 77.3 Å². The van der Waals surface area contributed by atoms with E-state index >= 15 is 0 Å². The molecule has 1 aromatic heterocycles. The van der Waals surface area contributed by atoms with E-state index < -0.39 is 0 Å². The van der Waals surface area contributed by atoms with Crippen LogP contribution in [0, 0.1) is 6.92 Å². The van der Waals surface area contributed by atoms with Crippen molar-refractivity contribution in [1.82, 2.24) is 9.97 Å². The third-order valence-corrected chi connectivity index (χ3v) is 6.29. The lowest BCUT2D eigenvalue weighted by Crippen LogP contribution is -2.46. The molecule has 5 rings (SSSR count). The van der Waals surface area contributed by atoms with E-state index in [1.807, 2.05) is 12.1 Å². The highest BCUT2D eigenvalue weighted by atomic mass is 35.5. The first-order chi connectivity index (χ1) is 16.5. The monoisotopic (exact) mass is 471 g/mol. The molecule has 34 heavy (non-hydrogen) atoms. The van der Waals surface area contributed by atoms with Crippen molar-refractivity contribution in [2.45, 2.75) is 6.92 Å². The third-order valence-electron chi connectivity index (χ3n) is 6.06. The maximum Gasteiger partial charge on any atom is 0.253 e. The summed E-state index contributed by atoms with van der Waals surface area (Å²) in [5.41, 5.74) is 17.3. The summed E-state index contributed by atoms with van der Waals surface area (Å²) in [4.78, 5) is 17.9. The van der Waals surface area contributed by atoms with Gasteiger partial charge in [-0.05, 0) is 49.4 Å². The van der Waals surface area contributed by atoms with E-state index in [2.05, 4.69) is 80.2 Å². The van der Waals surface area contributed by atoms with E-state index in [4.69, 9.17) is 23.1 Å². The van der Waals surface area contributed by atoms with Gasteiger partial charge in [0.2, 0.25) is 0 Å². The Hall–Kier alpha value is -3.84. The van der Waals surface area contributed by atoms with Crippen LogP contribution in [0.25, 0.3) is 22.2 Å². The van der Waals surface area contributed by atoms with Gasteiger partial charge in [0.05, 0.1) is 11.2 Å². The van der Waals surface area contributed by atoms with Crippen LogP contribution in [0.4, 0.5) is 17.3 Å². The number of hydrogen-bond acceptors (Lipinski definition) is 5. The average molecular weight is 472 g/mol. The summed E-state index contributed by atoms with van der Waals surface area (Å²) in [5.74, 6) is 0.139. The maximum absolute atomic E-state index is 6.26. The lowest BCUT2D eigenvalue weighted by Gasteiger charge is -2.37. The highest BCUT2D eigenvalue weighted by Gasteiger charge is 2.18. The highest BCUT2D eigenvalue weighted by Crippen LogP contribution is 2.31. The topological polar surface area (TPSA) is 96.7 Å². The number of aromatic nitrogens is 2. The van der Waals surface area contributed by atoms with Gasteiger partial charge >= 0.3 is 0 Å². The first-order valence-corrected chi connectivity index (χ1v) is 11.6. The second-order valence-electron chi connectivity index (χ2n) is 8.43. The molecular weight excluding hydrogens is 446 g/mol. The van der Waals surface area contributed by atoms with Gasteiger partial charge in [-0.2, -0.15) is 4.99 Å². The Morgan fingerprint density at radius 3 is 2.00 bits per heavy atom. The van der Waals surface area contributed by atoms with Gasteiger partial charge in [-0.3, -0.25) is 0 Å². The molecule has 1 aliphatic heterocycles. The van der Waals surface area contributed by atoms with Crippen molar-refractivity contribution >= 4 is 45.8 Å². The Kier molecular flexibility index (Phi) is 5.94. The summed E-state index contributed by atoms with van der Waals surface area (Å²) in [6.07, 6.45) is 0. The van der Waals surface area contributed by atoms with Crippen molar-refractivity contribution in [3.8, 4) is 11.3 Å². The molecule has 0 atom stereocenters. The zero-order valence-electron chi connectivity index (χ0n) is 18.9. The Morgan fingerprint density at radius 1 is 0.824 bits per heavy atom. The minimum absolute atomic E-state index is 0.0839. The van der Waals surface area contributed by atoms with Crippen LogP contribution in [0.2, 0.25) is 5.02 Å². The van der Waals surface area contributed by atoms with Gasteiger partial charge in [-0.15, -0.1) is 0 Å². The number of rotatable bonds is 4. The zero-order valence-corrected chi connectivity index (χ0v) is 19.7. The average Bonchev–Trinajstić information content (AvgIpc) is 2.84. The van der Waals surface area contributed by atoms with Gasteiger partial charge in [0.1, 0.15) is 0 Å². The van der Waals surface area contributed by atoms with Crippen molar-refractivity contribution in [3.63, 3.8) is 0 Å². The van der Waals surface area contributed by atoms with Crippen molar-refractivity contribution < 1.29 is 0 Å². The highest BCUT2D eigenvalue weighted by molar-refractivity contribution is 6.31. The van der Waals surface area contributed by atoms with Crippen LogP contribution < -0.4 is 21.3 Å². The smallest absolute Gasteiger partial charge is 0.253 e. The Balaban J connectivity index is 1.39. The van der Waals surface area contributed by atoms with Crippen molar-refractivity contribution in [2.24, 2.45) is 16.5 Å². The van der Waals surface area contributed by atoms with Gasteiger partial charge in [0.15, 0.2) is 5.96 Å². The molecule has 0 unspecified atom stereocenters. The predicted molar refractivity (Wildman–Crippen MR) is 141 cm³/mol. The first kappa shape index (κ1) is 22.0. The second kappa shape index (κ2) is 9.19. The molecule has 4 N–H and O–H groups in total. The quantitative estimate of drug-likeness (QED) is 0.336. The molecule has 0 radical (unpaired) electrons. The predicted octanol–water partition coefficient (Wildman–Crippen LogP) is 4.49. The molecule has 7 nitrogen and oxygen atoms in total. The molecular formula is C26H26ClN7. The Morgan fingerprint density at radius 2 is 1.41 bits per heavy atom. The van der Waals surface area contributed by atoms with E-state index in [-0.39, 0.29) is 11.9 Å². The molecule has 4 aromatic rings. The number of aliphatic imine (C=N–C) groups is 1. The number of guanidine groups is 1. The van der Waals surface area contributed by atoms with Gasteiger partial charge in [-0.1, -0.05) is 41.4 Å². The number of anilines is 2. The normalized spacial score (nSPS) is 13.8. The Labute approximate surface area is 203 Å². The second-order valence-corrected chi connectivity index (χ2v) is 8.86. The van der Waals surface area contributed by atoms with Crippen molar-refractivity contribution in [1.29, 1.82) is 0 Å². The Bertz CT molecular complexity index is 1340. The molecule has 2 heterocycles. The van der Waals surface area contributed by atoms with Gasteiger partial charge in [-0.25, -0.2) is 9.97 Å². The lowest BCUT2D eigenvalue weighted by atomic mass is 10.1. The summed E-state index contributed by atoms with van der Waals surface area (Å²) in [5, 5.41) is 1.47. The molecule has 0 aliphatic carbocycles. The fourth-order valence-corrected chi connectivity index (χ4v) is 4.45. The van der Waals surface area contributed by atoms with E-state index in [1.54, 1.807) is 6.07 Å². The van der Waals surface area contributed by atoms with Crippen molar-refractivity contribution in [2.75, 3.05) is 36.0 Å². The molecule has 1 aliphatic rings. The van der Waals surface area contributed by atoms with Crippen LogP contribution in [-0.2, 0) is 0 Å². The zero-order chi connectivity index (χ0) is 23.7. The number of halogens is 1. The molecule has 0 spiro atoms. The summed E-state index contributed by atoms with van der Waals surface area (Å²) < 4.78 is 0. The van der Waals surface area contributed by atoms with E-state index in [0.29, 0.717) is 5.02 Å². The fraction of sp³-hybridized carbons (Fsp3) is 0.192. The summed E-state index contributed by atoms with van der Waals surface area (Å²) in [6.45, 7) is 6.03. The number of fused-ring (bicyclic) bond motifs is 1. The van der Waals surface area contributed by atoms with Crippen LogP contribution in [-0.4, -0.2) is 42.1 Å². The molecule has 8 heteroatoms. The van der Waals surface area contributed by atoms with E-state index in [0.717, 1.165) is 48.3 Å². The summed E-state index contributed by atoms with van der Waals surface area (Å²) in [6, 6.07) is 22.7. The molecule has 0 amide bonds. The summed E-state index contributed by atoms with van der Waals surface area (Å²) >= 11 is 6.26. The molecule has 0 bridgehead atoms. The first-order valence-electron chi connectivity index (χ1n) is 11.2. The molecule has 172 valence electrons. The van der Waals surface area contributed by atoms with Crippen LogP contribution in [0.15, 0.2) is 71.7 Å². The van der Waals surface area contributed by atoms with Crippen LogP contribution >= 0.6 is 11.6 Å². The van der Waals surface area contributed by atoms with E-state index in [9.17, 15) is 0 Å². The standard InChI is InChI=1S/C26H26ClN7/c1-17-2-7-20(8-3-17)33-12-14-34(15-13-33)21-9-4-18(5-10-21)24-22-16-19(27)6-11-23(22)30-26(31-24)32-25(28)29/h2-11,16H,12-15H2,1H3,(H4,28,29,30,31,32). The number of aryl methyl sites for hydroxylation is 1. The largest absolute Gasteiger partial charge is 0.370 e. The number of nitrogens with two attached hydrogens (primary N) is 2. The maximum atomic E-state index is 6.26. The number of hydrogen-bond donors (Lipinski definition) is 2. The molecule has 1 fully saturated rings. The molecule has 1 saturated heterocycles. The van der Waals surface area contributed by atoms with Crippen LogP contribution in [0.5, 0.6) is 0 Å². The summed E-state index contributed by atoms with van der Waals surface area (Å²) in [7, 11) is 0. The number of nitrogens with zero attached hydrogens (tertiary/aromatic N) is 5. The third kappa shape index (κ3) is 4.61. The van der Waals surface area contributed by atoms with Gasteiger partial charge in [0, 0.05) is 53.5 Å². The molecule has 0 saturated carbocycles. The van der Waals surface area contributed by atoms with Gasteiger partial charge < -0.3 is 21.3 Å². The number of piperazine rings is 1. The van der Waals surface area contributed by atoms with Crippen LogP contribution in [0.1, 0.15) is 5.56 Å². The minimum Gasteiger partial charge on any atom is -0.370 e. The lowest BCUT2D eigenvalue weighted by molar-refractivity contribution is 0.653. The molecule has 3 aromatic carbocycles. The van der Waals surface area contributed by atoms with Gasteiger partial charge in [0.25, 0.3) is 5.95 Å². The fourth-order valence-electron chi connectivity index (χ4n) is 4.28.